The first-order valence-electron chi connectivity index (χ1n) is 8.51. The molecule has 2 aromatic rings. The maximum Gasteiger partial charge on any atom is 0.417 e. The Kier molecular flexibility index (Phi) is 6.68. The predicted molar refractivity (Wildman–Crippen MR) is 101 cm³/mol. The number of rotatable bonds is 6. The highest BCUT2D eigenvalue weighted by molar-refractivity contribution is 6.76. The Hall–Kier alpha value is -2.30. The van der Waals surface area contributed by atoms with Crippen LogP contribution in [0, 0.1) is 11.8 Å². The summed E-state index contributed by atoms with van der Waals surface area (Å²) < 4.78 is 46.3. The van der Waals surface area contributed by atoms with Crippen LogP contribution < -0.4 is 0 Å². The number of carbonyl (C=O) groups excluding carboxylic acids is 1. The quantitative estimate of drug-likeness (QED) is 0.298. The molecule has 0 bridgehead atoms. The van der Waals surface area contributed by atoms with Gasteiger partial charge in [0.1, 0.15) is 6.73 Å². The van der Waals surface area contributed by atoms with Crippen molar-refractivity contribution >= 4 is 14.4 Å². The molecule has 27 heavy (non-hydrogen) atoms. The van der Waals surface area contributed by atoms with E-state index >= 15 is 0 Å². The van der Waals surface area contributed by atoms with Gasteiger partial charge in [0.05, 0.1) is 11.3 Å². The van der Waals surface area contributed by atoms with Gasteiger partial charge in [0.25, 0.3) is 0 Å². The predicted octanol–water partition coefficient (Wildman–Crippen LogP) is 5.03. The molecular weight excluding hydrogens is 371 g/mol. The van der Waals surface area contributed by atoms with Crippen LogP contribution in [0.3, 0.4) is 0 Å². The van der Waals surface area contributed by atoms with Gasteiger partial charge in [-0.3, -0.25) is 4.79 Å². The van der Waals surface area contributed by atoms with Crippen molar-refractivity contribution < 1.29 is 22.7 Å². The summed E-state index contributed by atoms with van der Waals surface area (Å²) in [5.74, 6) is 5.26. The molecule has 0 saturated carbocycles. The zero-order valence-electron chi connectivity index (χ0n) is 15.6. The summed E-state index contributed by atoms with van der Waals surface area (Å²) in [5, 5.41) is 0. The van der Waals surface area contributed by atoms with Gasteiger partial charge in [-0.25, -0.2) is 0 Å². The van der Waals surface area contributed by atoms with Crippen molar-refractivity contribution in [3.05, 3.63) is 58.9 Å². The Morgan fingerprint density at radius 1 is 1.19 bits per heavy atom. The number of hydrogen-bond acceptors (Lipinski definition) is 2. The van der Waals surface area contributed by atoms with E-state index in [1.165, 1.54) is 24.3 Å². The molecule has 0 radical (unpaired) electrons. The Morgan fingerprint density at radius 3 is 2.52 bits per heavy atom. The number of ether oxygens (including phenoxy) is 1. The molecule has 1 aromatic carbocycles. The molecule has 0 spiro atoms. The van der Waals surface area contributed by atoms with E-state index in [1.54, 1.807) is 10.8 Å². The van der Waals surface area contributed by atoms with Gasteiger partial charge in [-0.05, 0) is 24.2 Å². The molecule has 0 aliphatic rings. The summed E-state index contributed by atoms with van der Waals surface area (Å²) in [5.41, 5.74) is -0.0432. The average Bonchev–Trinajstić information content (AvgIpc) is 2.98. The van der Waals surface area contributed by atoms with Crippen LogP contribution in [0.4, 0.5) is 13.2 Å². The molecular formula is C20H22F3NO2Si. The van der Waals surface area contributed by atoms with Gasteiger partial charge in [-0.1, -0.05) is 43.6 Å². The smallest absolute Gasteiger partial charge is 0.361 e. The van der Waals surface area contributed by atoms with Crippen LogP contribution in [0.15, 0.2) is 36.5 Å². The minimum absolute atomic E-state index is 0.100. The summed E-state index contributed by atoms with van der Waals surface area (Å²) >= 11 is 0. The van der Waals surface area contributed by atoms with E-state index in [-0.39, 0.29) is 12.3 Å². The molecule has 7 heteroatoms. The molecule has 1 aromatic heterocycles. The maximum absolute atomic E-state index is 13.0. The third-order valence-electron chi connectivity index (χ3n) is 3.85. The van der Waals surface area contributed by atoms with E-state index in [1.807, 2.05) is 0 Å². The molecule has 0 fully saturated rings. The van der Waals surface area contributed by atoms with Crippen molar-refractivity contribution in [3.63, 3.8) is 0 Å². The standard InChI is InChI=1S/C20H22F3NO2Si/c1-27(2,3)11-10-26-15-24-13-16(12-18(24)14-25)8-9-17-6-4-5-7-19(17)20(21,22)23/h4-7,12-14H,10-11,15H2,1-3H3. The Balaban J connectivity index is 2.15. The van der Waals surface area contributed by atoms with Crippen molar-refractivity contribution in [1.82, 2.24) is 4.57 Å². The van der Waals surface area contributed by atoms with E-state index in [4.69, 9.17) is 4.74 Å². The third-order valence-corrected chi connectivity index (χ3v) is 5.56. The summed E-state index contributed by atoms with van der Waals surface area (Å²) in [7, 11) is -1.20. The van der Waals surface area contributed by atoms with Crippen molar-refractivity contribution in [2.75, 3.05) is 6.61 Å². The van der Waals surface area contributed by atoms with Crippen molar-refractivity contribution in [3.8, 4) is 11.8 Å². The van der Waals surface area contributed by atoms with Gasteiger partial charge >= 0.3 is 6.18 Å². The number of aromatic nitrogens is 1. The minimum atomic E-state index is -4.46. The molecule has 0 unspecified atom stereocenters. The normalized spacial score (nSPS) is 11.8. The van der Waals surface area contributed by atoms with E-state index < -0.39 is 19.8 Å². The van der Waals surface area contributed by atoms with Crippen molar-refractivity contribution in [2.24, 2.45) is 0 Å². The lowest BCUT2D eigenvalue weighted by atomic mass is 10.1. The second-order valence-electron chi connectivity index (χ2n) is 7.38. The molecule has 0 amide bonds. The van der Waals surface area contributed by atoms with Crippen molar-refractivity contribution in [1.29, 1.82) is 0 Å². The third kappa shape index (κ3) is 6.42. The van der Waals surface area contributed by atoms with Crippen molar-refractivity contribution in [2.45, 2.75) is 38.6 Å². The maximum atomic E-state index is 13.0. The van der Waals surface area contributed by atoms with Gasteiger partial charge in [0.15, 0.2) is 6.29 Å². The number of aldehydes is 1. The number of carbonyl (C=O) groups is 1. The number of alkyl halides is 3. The van der Waals surface area contributed by atoms with Crippen LogP contribution in [0.2, 0.25) is 25.7 Å². The van der Waals surface area contributed by atoms with Crippen LogP contribution in [-0.4, -0.2) is 25.5 Å². The number of benzene rings is 1. The zero-order chi connectivity index (χ0) is 20.1. The van der Waals surface area contributed by atoms with E-state index in [9.17, 15) is 18.0 Å². The molecule has 1 heterocycles. The Bertz CT molecular complexity index is 855. The molecule has 0 aliphatic carbocycles. The molecule has 0 N–H and O–H groups in total. The van der Waals surface area contributed by atoms with E-state index in [0.29, 0.717) is 24.2 Å². The van der Waals surface area contributed by atoms with E-state index in [2.05, 4.69) is 31.5 Å². The lowest BCUT2D eigenvalue weighted by Gasteiger charge is -2.15. The Morgan fingerprint density at radius 2 is 1.89 bits per heavy atom. The SMILES string of the molecule is C[Si](C)(C)CCOCn1cc(C#Cc2ccccc2C(F)(F)F)cc1C=O. The average molecular weight is 393 g/mol. The zero-order valence-corrected chi connectivity index (χ0v) is 16.6. The summed E-state index contributed by atoms with van der Waals surface area (Å²) in [4.78, 5) is 11.2. The fourth-order valence-electron chi connectivity index (χ4n) is 2.32. The van der Waals surface area contributed by atoms with Gasteiger partial charge in [0, 0.05) is 32.0 Å². The van der Waals surface area contributed by atoms with Crippen LogP contribution in [0.1, 0.15) is 27.2 Å². The summed E-state index contributed by atoms with van der Waals surface area (Å²) in [6, 6.07) is 7.70. The van der Waals surface area contributed by atoms with Gasteiger partial charge in [-0.2, -0.15) is 13.2 Å². The first-order chi connectivity index (χ1) is 12.6. The van der Waals surface area contributed by atoms with Crippen LogP contribution in [0.25, 0.3) is 0 Å². The number of hydrogen-bond donors (Lipinski definition) is 0. The molecule has 0 atom stereocenters. The topological polar surface area (TPSA) is 31.2 Å². The fraction of sp³-hybridized carbons (Fsp3) is 0.350. The lowest BCUT2D eigenvalue weighted by molar-refractivity contribution is -0.137. The van der Waals surface area contributed by atoms with Crippen LogP contribution in [0.5, 0.6) is 0 Å². The highest BCUT2D eigenvalue weighted by Crippen LogP contribution is 2.31. The van der Waals surface area contributed by atoms with Gasteiger partial charge in [-0.15, -0.1) is 0 Å². The van der Waals surface area contributed by atoms with E-state index in [0.717, 1.165) is 12.1 Å². The minimum Gasteiger partial charge on any atom is -0.361 e. The summed E-state index contributed by atoms with van der Waals surface area (Å²) in [6.07, 6.45) is -2.17. The van der Waals surface area contributed by atoms with Crippen LogP contribution in [-0.2, 0) is 17.6 Å². The first-order valence-corrected chi connectivity index (χ1v) is 12.2. The molecule has 144 valence electrons. The molecule has 0 aliphatic heterocycles. The first kappa shape index (κ1) is 21.0. The molecule has 3 nitrogen and oxygen atoms in total. The van der Waals surface area contributed by atoms with Gasteiger partial charge < -0.3 is 9.30 Å². The fourth-order valence-corrected chi connectivity index (χ4v) is 3.08. The number of halogens is 3. The molecule has 0 saturated heterocycles. The Labute approximate surface area is 158 Å². The largest absolute Gasteiger partial charge is 0.417 e. The number of nitrogens with zero attached hydrogens (tertiary/aromatic N) is 1. The second-order valence-corrected chi connectivity index (χ2v) is 13.0. The highest BCUT2D eigenvalue weighted by Gasteiger charge is 2.32. The highest BCUT2D eigenvalue weighted by atomic mass is 28.3. The second kappa shape index (κ2) is 8.59. The summed E-state index contributed by atoms with van der Waals surface area (Å²) in [6.45, 7) is 7.55. The monoisotopic (exact) mass is 393 g/mol. The lowest BCUT2D eigenvalue weighted by Crippen LogP contribution is -2.22. The van der Waals surface area contributed by atoms with Crippen LogP contribution >= 0.6 is 0 Å². The molecule has 2 rings (SSSR count). The van der Waals surface area contributed by atoms with Gasteiger partial charge in [0.2, 0.25) is 0 Å².